The van der Waals surface area contributed by atoms with Crippen LogP contribution in [0.4, 0.5) is 0 Å². The second-order valence-electron chi connectivity index (χ2n) is 3.32. The third-order valence-electron chi connectivity index (χ3n) is 2.43. The molecule has 0 radical (unpaired) electrons. The first-order chi connectivity index (χ1) is 7.24. The van der Waals surface area contributed by atoms with Crippen LogP contribution >= 0.6 is 0 Å². The molecular formula is C11H11NO3. The van der Waals surface area contributed by atoms with E-state index in [2.05, 4.69) is 4.98 Å². The second-order valence-corrected chi connectivity index (χ2v) is 3.32. The third-order valence-corrected chi connectivity index (χ3v) is 2.43. The van der Waals surface area contributed by atoms with Gasteiger partial charge in [0.1, 0.15) is 11.9 Å². The molecule has 2 rings (SSSR count). The summed E-state index contributed by atoms with van der Waals surface area (Å²) in [5, 5.41) is 10.6. The summed E-state index contributed by atoms with van der Waals surface area (Å²) in [6.45, 7) is 2.09. The van der Waals surface area contributed by atoms with Crippen LogP contribution in [0, 0.1) is 0 Å². The zero-order valence-electron chi connectivity index (χ0n) is 8.23. The number of hydrogen-bond donors (Lipinski definition) is 2. The lowest BCUT2D eigenvalue weighted by molar-refractivity contribution is -0.133. The standard InChI is InChI=1S/C11H11NO3/c1-7(15-6-13)8-2-3-10-9(11(8)14)4-5-12-10/h2-7,12,14H,1H3. The number of aromatic hydroxyl groups is 1. The Labute approximate surface area is 86.5 Å². The molecular weight excluding hydrogens is 194 g/mol. The summed E-state index contributed by atoms with van der Waals surface area (Å²) in [5.74, 6) is 0.156. The Bertz CT molecular complexity index is 490. The van der Waals surface area contributed by atoms with E-state index in [0.717, 1.165) is 10.9 Å². The van der Waals surface area contributed by atoms with Crippen molar-refractivity contribution >= 4 is 17.4 Å². The zero-order valence-corrected chi connectivity index (χ0v) is 8.23. The van der Waals surface area contributed by atoms with E-state index in [1.165, 1.54) is 0 Å². The van der Waals surface area contributed by atoms with Crippen LogP contribution in [0.3, 0.4) is 0 Å². The molecule has 0 fully saturated rings. The quantitative estimate of drug-likeness (QED) is 0.754. The molecule has 78 valence electrons. The van der Waals surface area contributed by atoms with E-state index in [1.807, 2.05) is 6.07 Å². The first-order valence-electron chi connectivity index (χ1n) is 4.62. The maximum Gasteiger partial charge on any atom is 0.293 e. The van der Waals surface area contributed by atoms with Gasteiger partial charge in [0, 0.05) is 22.7 Å². The van der Waals surface area contributed by atoms with Gasteiger partial charge >= 0.3 is 0 Å². The minimum Gasteiger partial charge on any atom is -0.507 e. The fraction of sp³-hybridized carbons (Fsp3) is 0.182. The summed E-state index contributed by atoms with van der Waals surface area (Å²) in [4.78, 5) is 13.2. The number of carbonyl (C=O) groups excluding carboxylic acids is 1. The molecule has 15 heavy (non-hydrogen) atoms. The average molecular weight is 205 g/mol. The van der Waals surface area contributed by atoms with Gasteiger partial charge in [-0.25, -0.2) is 0 Å². The number of rotatable bonds is 3. The van der Waals surface area contributed by atoms with Gasteiger partial charge in [-0.2, -0.15) is 0 Å². The summed E-state index contributed by atoms with van der Waals surface area (Å²) < 4.78 is 4.78. The molecule has 0 amide bonds. The van der Waals surface area contributed by atoms with Gasteiger partial charge in [-0.05, 0) is 25.1 Å². The number of benzene rings is 1. The van der Waals surface area contributed by atoms with Crippen LogP contribution in [0.5, 0.6) is 5.75 Å². The molecule has 2 N–H and O–H groups in total. The highest BCUT2D eigenvalue weighted by Crippen LogP contribution is 2.32. The van der Waals surface area contributed by atoms with Crippen LogP contribution in [0.25, 0.3) is 10.9 Å². The van der Waals surface area contributed by atoms with Gasteiger partial charge in [0.2, 0.25) is 0 Å². The van der Waals surface area contributed by atoms with Gasteiger partial charge in [-0.1, -0.05) is 0 Å². The number of phenolic OH excluding ortho intramolecular Hbond substituents is 1. The van der Waals surface area contributed by atoms with Crippen LogP contribution in [-0.2, 0) is 9.53 Å². The Morgan fingerprint density at radius 2 is 2.27 bits per heavy atom. The number of aromatic amines is 1. The third kappa shape index (κ3) is 1.54. The predicted molar refractivity (Wildman–Crippen MR) is 55.5 cm³/mol. The highest BCUT2D eigenvalue weighted by molar-refractivity contribution is 5.87. The summed E-state index contributed by atoms with van der Waals surface area (Å²) in [6, 6.07) is 5.36. The molecule has 0 saturated heterocycles. The normalized spacial score (nSPS) is 12.6. The first kappa shape index (κ1) is 9.58. The van der Waals surface area contributed by atoms with Crippen LogP contribution < -0.4 is 0 Å². The number of phenols is 1. The minimum atomic E-state index is -0.443. The number of nitrogens with one attached hydrogen (secondary N) is 1. The van der Waals surface area contributed by atoms with E-state index in [4.69, 9.17) is 4.74 Å². The summed E-state index contributed by atoms with van der Waals surface area (Å²) in [7, 11) is 0. The fourth-order valence-corrected chi connectivity index (χ4v) is 1.62. The van der Waals surface area contributed by atoms with E-state index in [9.17, 15) is 9.90 Å². The van der Waals surface area contributed by atoms with E-state index >= 15 is 0 Å². The van der Waals surface area contributed by atoms with Gasteiger partial charge in [-0.3, -0.25) is 4.79 Å². The van der Waals surface area contributed by atoms with Gasteiger partial charge in [0.15, 0.2) is 0 Å². The number of ether oxygens (including phenoxy) is 1. The van der Waals surface area contributed by atoms with Crippen molar-refractivity contribution in [1.29, 1.82) is 0 Å². The van der Waals surface area contributed by atoms with E-state index in [1.54, 1.807) is 25.3 Å². The molecule has 1 aromatic carbocycles. The van der Waals surface area contributed by atoms with Crippen LogP contribution in [0.2, 0.25) is 0 Å². The molecule has 0 bridgehead atoms. The number of H-pyrrole nitrogens is 1. The SMILES string of the molecule is CC(OC=O)c1ccc2[nH]ccc2c1O. The monoisotopic (exact) mass is 205 g/mol. The molecule has 1 atom stereocenters. The molecule has 4 nitrogen and oxygen atoms in total. The topological polar surface area (TPSA) is 62.3 Å². The van der Waals surface area contributed by atoms with Crippen molar-refractivity contribution in [1.82, 2.24) is 4.98 Å². The molecule has 0 saturated carbocycles. The molecule has 2 aromatic rings. The van der Waals surface area contributed by atoms with Crippen molar-refractivity contribution in [2.45, 2.75) is 13.0 Å². The number of fused-ring (bicyclic) bond motifs is 1. The van der Waals surface area contributed by atoms with Gasteiger partial charge in [0.25, 0.3) is 6.47 Å². The maximum absolute atomic E-state index is 10.2. The molecule has 0 aliphatic rings. The lowest BCUT2D eigenvalue weighted by atomic mass is 10.1. The van der Waals surface area contributed by atoms with Crippen molar-refractivity contribution in [2.75, 3.05) is 0 Å². The van der Waals surface area contributed by atoms with E-state index in [0.29, 0.717) is 12.0 Å². The van der Waals surface area contributed by atoms with Gasteiger partial charge < -0.3 is 14.8 Å². The molecule has 0 aliphatic carbocycles. The Morgan fingerprint density at radius 3 is 3.00 bits per heavy atom. The highest BCUT2D eigenvalue weighted by Gasteiger charge is 2.13. The van der Waals surface area contributed by atoms with Crippen LogP contribution in [0.1, 0.15) is 18.6 Å². The van der Waals surface area contributed by atoms with Crippen LogP contribution in [-0.4, -0.2) is 16.6 Å². The average Bonchev–Trinajstić information content (AvgIpc) is 2.67. The van der Waals surface area contributed by atoms with Gasteiger partial charge in [-0.15, -0.1) is 0 Å². The summed E-state index contributed by atoms with van der Waals surface area (Å²) in [5.41, 5.74) is 1.46. The number of carbonyl (C=O) groups is 1. The van der Waals surface area contributed by atoms with Crippen molar-refractivity contribution in [3.63, 3.8) is 0 Å². The molecule has 1 unspecified atom stereocenters. The minimum absolute atomic E-state index is 0.156. The summed E-state index contributed by atoms with van der Waals surface area (Å²) >= 11 is 0. The van der Waals surface area contributed by atoms with E-state index < -0.39 is 6.10 Å². The number of hydrogen-bond acceptors (Lipinski definition) is 3. The second kappa shape index (κ2) is 3.65. The molecule has 4 heteroatoms. The molecule has 0 spiro atoms. The first-order valence-corrected chi connectivity index (χ1v) is 4.62. The molecule has 0 aliphatic heterocycles. The number of aromatic nitrogens is 1. The molecule has 1 heterocycles. The Hall–Kier alpha value is -1.97. The predicted octanol–water partition coefficient (Wildman–Crippen LogP) is 2.11. The van der Waals surface area contributed by atoms with Crippen molar-refractivity contribution in [2.24, 2.45) is 0 Å². The summed E-state index contributed by atoms with van der Waals surface area (Å²) in [6.07, 6.45) is 1.31. The smallest absolute Gasteiger partial charge is 0.293 e. The zero-order chi connectivity index (χ0) is 10.8. The highest BCUT2D eigenvalue weighted by atomic mass is 16.5. The van der Waals surface area contributed by atoms with E-state index in [-0.39, 0.29) is 5.75 Å². The lowest BCUT2D eigenvalue weighted by Gasteiger charge is -2.11. The Morgan fingerprint density at radius 1 is 1.47 bits per heavy atom. The van der Waals surface area contributed by atoms with Crippen molar-refractivity contribution in [3.8, 4) is 5.75 Å². The largest absolute Gasteiger partial charge is 0.507 e. The lowest BCUT2D eigenvalue weighted by Crippen LogP contribution is -1.98. The maximum atomic E-state index is 10.2. The Balaban J connectivity index is 2.51. The molecule has 1 aromatic heterocycles. The van der Waals surface area contributed by atoms with Crippen molar-refractivity contribution < 1.29 is 14.6 Å². The fourth-order valence-electron chi connectivity index (χ4n) is 1.62. The van der Waals surface area contributed by atoms with Gasteiger partial charge in [0.05, 0.1) is 0 Å². The Kier molecular flexibility index (Phi) is 2.33. The van der Waals surface area contributed by atoms with Crippen molar-refractivity contribution in [3.05, 3.63) is 30.0 Å². The van der Waals surface area contributed by atoms with Crippen LogP contribution in [0.15, 0.2) is 24.4 Å².